The molecule has 0 saturated carbocycles. The first kappa shape index (κ1) is 31.5. The molecule has 5 aromatic carbocycles. The number of rotatable bonds is 4. The quantitative estimate of drug-likeness (QED) is 0.180. The molecule has 7 rings (SSSR count). The summed E-state index contributed by atoms with van der Waals surface area (Å²) in [6.45, 7) is 21.7. The summed E-state index contributed by atoms with van der Waals surface area (Å²) in [5, 5.41) is 12.8. The van der Waals surface area contributed by atoms with Crippen LogP contribution in [-0.4, -0.2) is 19.5 Å². The number of benzene rings is 5. The van der Waals surface area contributed by atoms with Crippen LogP contribution in [0.2, 0.25) is 0 Å². The van der Waals surface area contributed by atoms with E-state index in [9.17, 15) is 5.26 Å². The maximum atomic E-state index is 10.6. The van der Waals surface area contributed by atoms with E-state index in [1.807, 2.05) is 66.7 Å². The highest BCUT2D eigenvalue weighted by Gasteiger charge is 2.24. The Hall–Kier alpha value is -6.11. The summed E-state index contributed by atoms with van der Waals surface area (Å²) >= 11 is 0. The summed E-state index contributed by atoms with van der Waals surface area (Å²) in [6, 6.07) is 38.6. The van der Waals surface area contributed by atoms with Gasteiger partial charge in [-0.2, -0.15) is 5.26 Å². The van der Waals surface area contributed by atoms with Gasteiger partial charge in [0.05, 0.1) is 34.9 Å². The number of nitrogens with zero attached hydrogens (tertiary/aromatic N) is 6. The number of hydrogen-bond acceptors (Lipinski definition) is 4. The van der Waals surface area contributed by atoms with Crippen molar-refractivity contribution in [3.05, 3.63) is 137 Å². The van der Waals surface area contributed by atoms with Crippen molar-refractivity contribution in [2.75, 3.05) is 0 Å². The van der Waals surface area contributed by atoms with Crippen LogP contribution in [0, 0.1) is 17.9 Å². The molecule has 0 aliphatic rings. The molecular formula is C43H36N6. The van der Waals surface area contributed by atoms with E-state index in [2.05, 4.69) is 93.4 Å². The smallest absolute Gasteiger partial charge is 0.211 e. The van der Waals surface area contributed by atoms with Gasteiger partial charge in [0.2, 0.25) is 5.69 Å². The Morgan fingerprint density at radius 3 is 1.51 bits per heavy atom. The highest BCUT2D eigenvalue weighted by molar-refractivity contribution is 6.10. The molecule has 2 heterocycles. The van der Waals surface area contributed by atoms with E-state index >= 15 is 0 Å². The van der Waals surface area contributed by atoms with Crippen molar-refractivity contribution >= 4 is 27.5 Å². The molecule has 49 heavy (non-hydrogen) atoms. The van der Waals surface area contributed by atoms with Gasteiger partial charge in [0.25, 0.3) is 0 Å². The molecule has 2 aromatic heterocycles. The summed E-state index contributed by atoms with van der Waals surface area (Å²) in [4.78, 5) is 18.5. The summed E-state index contributed by atoms with van der Waals surface area (Å²) in [5.74, 6) is 1.33. The molecule has 0 atom stereocenters. The lowest BCUT2D eigenvalue weighted by Crippen LogP contribution is -2.10. The first-order valence-corrected chi connectivity index (χ1v) is 16.4. The summed E-state index contributed by atoms with van der Waals surface area (Å²) in [7, 11) is 0. The lowest BCUT2D eigenvalue weighted by Gasteiger charge is -2.19. The van der Waals surface area contributed by atoms with Crippen LogP contribution < -0.4 is 0 Å². The van der Waals surface area contributed by atoms with Gasteiger partial charge in [0.15, 0.2) is 17.5 Å². The second-order valence-corrected chi connectivity index (χ2v) is 14.4. The average molecular weight is 637 g/mol. The largest absolute Gasteiger partial charge is 0.319 e. The Morgan fingerprint density at radius 2 is 1.08 bits per heavy atom. The number of hydrogen-bond donors (Lipinski definition) is 0. The van der Waals surface area contributed by atoms with E-state index < -0.39 is 0 Å². The van der Waals surface area contributed by atoms with E-state index in [1.54, 1.807) is 6.07 Å². The van der Waals surface area contributed by atoms with Crippen molar-refractivity contribution in [3.8, 4) is 45.9 Å². The van der Waals surface area contributed by atoms with Gasteiger partial charge >= 0.3 is 0 Å². The predicted octanol–water partition coefficient (Wildman–Crippen LogP) is 11.0. The van der Waals surface area contributed by atoms with Crippen molar-refractivity contribution in [1.82, 2.24) is 19.5 Å². The van der Waals surface area contributed by atoms with Crippen molar-refractivity contribution < 1.29 is 0 Å². The van der Waals surface area contributed by atoms with Gasteiger partial charge in [-0.1, -0.05) is 114 Å². The second kappa shape index (κ2) is 11.8. The van der Waals surface area contributed by atoms with Gasteiger partial charge in [0, 0.05) is 27.5 Å². The summed E-state index contributed by atoms with van der Waals surface area (Å²) < 4.78 is 2.12. The Morgan fingerprint density at radius 1 is 0.612 bits per heavy atom. The minimum absolute atomic E-state index is 0.0384. The van der Waals surface area contributed by atoms with Crippen LogP contribution in [0.25, 0.3) is 66.5 Å². The van der Waals surface area contributed by atoms with Crippen LogP contribution in [0.4, 0.5) is 5.69 Å². The molecule has 0 unspecified atom stereocenters. The highest BCUT2D eigenvalue weighted by atomic mass is 15.0. The van der Waals surface area contributed by atoms with Gasteiger partial charge in [-0.15, -0.1) is 0 Å². The van der Waals surface area contributed by atoms with Crippen molar-refractivity contribution in [2.24, 2.45) is 0 Å². The molecule has 0 radical (unpaired) electrons. The number of fused-ring (bicyclic) bond motifs is 3. The fourth-order valence-electron chi connectivity index (χ4n) is 6.27. The van der Waals surface area contributed by atoms with Crippen molar-refractivity contribution in [1.29, 1.82) is 5.26 Å². The molecule has 0 saturated heterocycles. The van der Waals surface area contributed by atoms with E-state index in [1.165, 1.54) is 11.1 Å². The van der Waals surface area contributed by atoms with Crippen LogP contribution in [0.3, 0.4) is 0 Å². The molecular weight excluding hydrogens is 601 g/mol. The van der Waals surface area contributed by atoms with Crippen LogP contribution in [-0.2, 0) is 10.8 Å². The van der Waals surface area contributed by atoms with Crippen LogP contribution in [0.1, 0.15) is 58.2 Å². The zero-order valence-corrected chi connectivity index (χ0v) is 28.6. The first-order valence-electron chi connectivity index (χ1n) is 16.4. The third-order valence-electron chi connectivity index (χ3n) is 9.03. The number of aromatic nitrogens is 4. The first-order chi connectivity index (χ1) is 23.5. The van der Waals surface area contributed by atoms with Gasteiger partial charge < -0.3 is 4.57 Å². The molecule has 0 fully saturated rings. The minimum Gasteiger partial charge on any atom is -0.319 e. The minimum atomic E-state index is -0.0384. The molecule has 6 heteroatoms. The molecule has 0 N–H and O–H groups in total. The third-order valence-corrected chi connectivity index (χ3v) is 9.03. The maximum Gasteiger partial charge on any atom is 0.211 e. The van der Waals surface area contributed by atoms with Gasteiger partial charge in [-0.25, -0.2) is 19.8 Å². The zero-order valence-electron chi connectivity index (χ0n) is 28.6. The van der Waals surface area contributed by atoms with Crippen LogP contribution >= 0.6 is 0 Å². The Labute approximate surface area is 287 Å². The van der Waals surface area contributed by atoms with Crippen molar-refractivity contribution in [2.45, 2.75) is 52.4 Å². The van der Waals surface area contributed by atoms with Gasteiger partial charge in [-0.3, -0.25) is 0 Å². The van der Waals surface area contributed by atoms with Gasteiger partial charge in [0.1, 0.15) is 0 Å². The molecule has 7 aromatic rings. The average Bonchev–Trinajstić information content (AvgIpc) is 3.44. The van der Waals surface area contributed by atoms with E-state index in [4.69, 9.17) is 21.5 Å². The lowest BCUT2D eigenvalue weighted by molar-refractivity contribution is 0.590. The van der Waals surface area contributed by atoms with E-state index in [0.29, 0.717) is 40.0 Å². The SMILES string of the molecule is [C-]#[N+]c1cc(-c2nc(-c3ccccc3)nc(-c3ccccc3)n2)c(C#N)cc1-n1c2ccc(C(C)(C)C)cc2c2cc(C(C)(C)C)ccc21. The Balaban J connectivity index is 1.50. The van der Waals surface area contributed by atoms with Gasteiger partial charge in [-0.05, 0) is 58.4 Å². The molecule has 0 aliphatic carbocycles. The topological polar surface area (TPSA) is 71.8 Å². The Bertz CT molecular complexity index is 2340. The monoisotopic (exact) mass is 636 g/mol. The maximum absolute atomic E-state index is 10.6. The fourth-order valence-corrected chi connectivity index (χ4v) is 6.27. The predicted molar refractivity (Wildman–Crippen MR) is 199 cm³/mol. The lowest BCUT2D eigenvalue weighted by atomic mass is 9.85. The van der Waals surface area contributed by atoms with Crippen LogP contribution in [0.5, 0.6) is 0 Å². The zero-order chi connectivity index (χ0) is 34.5. The fraction of sp³-hybridized carbons (Fsp3) is 0.186. The third kappa shape index (κ3) is 5.73. The highest BCUT2D eigenvalue weighted by Crippen LogP contribution is 2.41. The molecule has 0 amide bonds. The van der Waals surface area contributed by atoms with Crippen LogP contribution in [0.15, 0.2) is 109 Å². The molecule has 0 bridgehead atoms. The summed E-state index contributed by atoms with van der Waals surface area (Å²) in [5.41, 5.74) is 7.91. The van der Waals surface area contributed by atoms with E-state index in [0.717, 1.165) is 32.9 Å². The summed E-state index contributed by atoms with van der Waals surface area (Å²) in [6.07, 6.45) is 0. The van der Waals surface area contributed by atoms with E-state index in [-0.39, 0.29) is 10.8 Å². The molecule has 0 spiro atoms. The normalized spacial score (nSPS) is 11.8. The number of nitriles is 1. The van der Waals surface area contributed by atoms with Crippen molar-refractivity contribution in [3.63, 3.8) is 0 Å². The second-order valence-electron chi connectivity index (χ2n) is 14.4. The molecule has 6 nitrogen and oxygen atoms in total. The molecule has 238 valence electrons. The Kier molecular flexibility index (Phi) is 7.61. The molecule has 0 aliphatic heterocycles. The standard InChI is InChI=1S/C43H36N6/c1-42(2,3)30-18-20-36-33(23-30)34-24-31(43(4,5)6)19-21-37(34)49(36)38-22-29(26-44)32(25-35(38)45-7)41-47-39(27-14-10-8-11-15-27)46-40(48-41)28-16-12-9-13-17-28/h8-25H,1-6H3.